The third kappa shape index (κ3) is 8.07. The van der Waals surface area contributed by atoms with Gasteiger partial charge in [0.25, 0.3) is 0 Å². The highest BCUT2D eigenvalue weighted by Gasteiger charge is 2.33. The summed E-state index contributed by atoms with van der Waals surface area (Å²) in [6.45, 7) is 19.4. The number of carbonyl (C=O) groups is 1. The van der Waals surface area contributed by atoms with Gasteiger partial charge in [0.15, 0.2) is 0 Å². The van der Waals surface area contributed by atoms with Crippen molar-refractivity contribution in [3.63, 3.8) is 0 Å². The van der Waals surface area contributed by atoms with E-state index in [4.69, 9.17) is 0 Å². The Morgan fingerprint density at radius 3 is 2.12 bits per heavy atom. The van der Waals surface area contributed by atoms with Crippen molar-refractivity contribution < 1.29 is 13.2 Å². The predicted octanol–water partition coefficient (Wildman–Crippen LogP) is 6.62. The number of carbonyl (C=O) groups excluding carboxylic acids is 1. The fraction of sp³-hybridized carbons (Fsp3) is 0.485. The van der Waals surface area contributed by atoms with Gasteiger partial charge in [0, 0.05) is 30.5 Å². The van der Waals surface area contributed by atoms with Gasteiger partial charge in [-0.3, -0.25) is 4.79 Å². The molecule has 0 atom stereocenters. The van der Waals surface area contributed by atoms with Crippen molar-refractivity contribution in [1.82, 2.24) is 13.8 Å². The van der Waals surface area contributed by atoms with Crippen molar-refractivity contribution >= 4 is 15.9 Å². The second-order valence-electron chi connectivity index (χ2n) is 13.2. The lowest BCUT2D eigenvalue weighted by atomic mass is 9.87. The Morgan fingerprint density at radius 2 is 1.57 bits per heavy atom. The first-order valence-corrected chi connectivity index (χ1v) is 15.5. The molecule has 0 aliphatic carbocycles. The molecule has 7 heteroatoms. The SMILES string of the molecule is Cc1cccc(Cn2cccc2CN(C(=O)CN(CC(C)C)S(=O)(=O)c2ccc(C(C)(C)C)cc2)C(C)(C)C)c1. The number of benzene rings is 2. The molecule has 0 fully saturated rings. The van der Waals surface area contributed by atoms with E-state index in [-0.39, 0.29) is 35.2 Å². The molecule has 0 aliphatic rings. The van der Waals surface area contributed by atoms with E-state index in [2.05, 4.69) is 56.5 Å². The van der Waals surface area contributed by atoms with Crippen LogP contribution in [0.25, 0.3) is 0 Å². The fourth-order valence-corrected chi connectivity index (χ4v) is 6.34. The summed E-state index contributed by atoms with van der Waals surface area (Å²) in [5.41, 5.74) is 3.87. The molecule has 3 aromatic rings. The molecule has 0 saturated heterocycles. The molecule has 40 heavy (non-hydrogen) atoms. The van der Waals surface area contributed by atoms with Crippen LogP contribution in [0, 0.1) is 12.8 Å². The fourth-order valence-electron chi connectivity index (χ4n) is 4.78. The summed E-state index contributed by atoms with van der Waals surface area (Å²) in [7, 11) is -3.87. The number of hydrogen-bond donors (Lipinski definition) is 0. The zero-order valence-corrected chi connectivity index (χ0v) is 26.5. The topological polar surface area (TPSA) is 62.6 Å². The van der Waals surface area contributed by atoms with Crippen LogP contribution in [0.1, 0.15) is 77.8 Å². The molecule has 0 saturated carbocycles. The summed E-state index contributed by atoms with van der Waals surface area (Å²) < 4.78 is 31.1. The Balaban J connectivity index is 1.87. The quantitative estimate of drug-likeness (QED) is 0.278. The van der Waals surface area contributed by atoms with Crippen LogP contribution in [0.5, 0.6) is 0 Å². The number of rotatable bonds is 10. The van der Waals surface area contributed by atoms with E-state index in [0.29, 0.717) is 13.1 Å². The molecular formula is C33H47N3O3S. The number of sulfonamides is 1. The van der Waals surface area contributed by atoms with E-state index in [1.165, 1.54) is 15.4 Å². The van der Waals surface area contributed by atoms with Crippen molar-refractivity contribution in [2.45, 2.75) is 91.3 Å². The van der Waals surface area contributed by atoms with E-state index in [9.17, 15) is 13.2 Å². The summed E-state index contributed by atoms with van der Waals surface area (Å²) >= 11 is 0. The van der Waals surface area contributed by atoms with E-state index in [1.54, 1.807) is 17.0 Å². The van der Waals surface area contributed by atoms with Gasteiger partial charge in [-0.15, -0.1) is 0 Å². The van der Waals surface area contributed by atoms with Gasteiger partial charge in [-0.1, -0.05) is 76.6 Å². The summed E-state index contributed by atoms with van der Waals surface area (Å²) in [6.07, 6.45) is 2.03. The van der Waals surface area contributed by atoms with Crippen LogP contribution in [-0.2, 0) is 33.3 Å². The van der Waals surface area contributed by atoms with Crippen LogP contribution in [-0.4, -0.2) is 46.7 Å². The molecule has 0 radical (unpaired) electrons. The Labute approximate surface area is 242 Å². The predicted molar refractivity (Wildman–Crippen MR) is 164 cm³/mol. The van der Waals surface area contributed by atoms with Crippen LogP contribution < -0.4 is 0 Å². The Morgan fingerprint density at radius 1 is 0.925 bits per heavy atom. The van der Waals surface area contributed by atoms with E-state index in [1.807, 2.05) is 65.1 Å². The molecule has 218 valence electrons. The lowest BCUT2D eigenvalue weighted by Gasteiger charge is -2.37. The number of amides is 1. The summed E-state index contributed by atoms with van der Waals surface area (Å²) in [5.74, 6) is -0.155. The summed E-state index contributed by atoms with van der Waals surface area (Å²) in [5, 5.41) is 0. The van der Waals surface area contributed by atoms with Crippen molar-refractivity contribution in [3.8, 4) is 0 Å². The highest BCUT2D eigenvalue weighted by Crippen LogP contribution is 2.26. The molecule has 1 amide bonds. The molecule has 0 aliphatic heterocycles. The number of aryl methyl sites for hydroxylation is 1. The Hall–Kier alpha value is -2.90. The number of aromatic nitrogens is 1. The van der Waals surface area contributed by atoms with Gasteiger partial charge in [-0.25, -0.2) is 8.42 Å². The Bertz CT molecular complexity index is 1390. The third-order valence-corrected chi connectivity index (χ3v) is 8.85. The average Bonchev–Trinajstić information content (AvgIpc) is 3.27. The van der Waals surface area contributed by atoms with E-state index < -0.39 is 15.6 Å². The molecule has 6 nitrogen and oxygen atoms in total. The second kappa shape index (κ2) is 12.3. The lowest BCUT2D eigenvalue weighted by molar-refractivity contribution is -0.137. The molecule has 0 N–H and O–H groups in total. The number of nitrogens with zero attached hydrogens (tertiary/aromatic N) is 3. The second-order valence-corrected chi connectivity index (χ2v) is 15.2. The van der Waals surface area contributed by atoms with Crippen LogP contribution in [0.4, 0.5) is 0 Å². The van der Waals surface area contributed by atoms with Crippen LogP contribution >= 0.6 is 0 Å². The third-order valence-electron chi connectivity index (χ3n) is 7.03. The van der Waals surface area contributed by atoms with E-state index in [0.717, 1.165) is 11.3 Å². The highest BCUT2D eigenvalue weighted by atomic mass is 32.2. The maximum absolute atomic E-state index is 13.9. The molecule has 0 unspecified atom stereocenters. The average molecular weight is 566 g/mol. The van der Waals surface area contributed by atoms with Gasteiger partial charge in [0.05, 0.1) is 18.0 Å². The summed E-state index contributed by atoms with van der Waals surface area (Å²) in [4.78, 5) is 15.9. The molecule has 1 heterocycles. The van der Waals surface area contributed by atoms with Gasteiger partial charge in [0.2, 0.25) is 15.9 Å². The minimum atomic E-state index is -3.87. The van der Waals surface area contributed by atoms with Gasteiger partial charge in [-0.05, 0) is 74.4 Å². The van der Waals surface area contributed by atoms with Gasteiger partial charge in [-0.2, -0.15) is 4.31 Å². The van der Waals surface area contributed by atoms with Gasteiger partial charge >= 0.3 is 0 Å². The lowest BCUT2D eigenvalue weighted by Crippen LogP contribution is -2.50. The van der Waals surface area contributed by atoms with Crippen molar-refractivity contribution in [2.75, 3.05) is 13.1 Å². The van der Waals surface area contributed by atoms with Crippen LogP contribution in [0.15, 0.2) is 71.8 Å². The van der Waals surface area contributed by atoms with Crippen molar-refractivity contribution in [3.05, 3.63) is 89.2 Å². The maximum Gasteiger partial charge on any atom is 0.243 e. The Kier molecular flexibility index (Phi) is 9.74. The zero-order chi connectivity index (χ0) is 29.9. The zero-order valence-electron chi connectivity index (χ0n) is 25.7. The maximum atomic E-state index is 13.9. The first-order valence-electron chi connectivity index (χ1n) is 14.1. The highest BCUT2D eigenvalue weighted by molar-refractivity contribution is 7.89. The van der Waals surface area contributed by atoms with Crippen LogP contribution in [0.2, 0.25) is 0 Å². The van der Waals surface area contributed by atoms with Gasteiger partial charge < -0.3 is 9.47 Å². The largest absolute Gasteiger partial charge is 0.345 e. The molecule has 3 rings (SSSR count). The first-order chi connectivity index (χ1) is 18.5. The number of hydrogen-bond acceptors (Lipinski definition) is 3. The normalized spacial score (nSPS) is 12.8. The molecular weight excluding hydrogens is 518 g/mol. The minimum Gasteiger partial charge on any atom is -0.345 e. The molecule has 0 spiro atoms. The standard InChI is InChI=1S/C33H47N3O3S/c1-25(2)21-35(40(38,39)30-17-15-28(16-18-30)32(4,5)6)24-31(37)36(33(7,8)9)23-29-14-11-19-34(29)22-27-13-10-12-26(3)20-27/h10-20,25H,21-24H2,1-9H3. The summed E-state index contributed by atoms with van der Waals surface area (Å²) in [6, 6.07) is 19.5. The van der Waals surface area contributed by atoms with Crippen LogP contribution in [0.3, 0.4) is 0 Å². The smallest absolute Gasteiger partial charge is 0.243 e. The van der Waals surface area contributed by atoms with E-state index >= 15 is 0 Å². The first kappa shape index (κ1) is 31.6. The minimum absolute atomic E-state index is 0.0612. The monoisotopic (exact) mass is 565 g/mol. The van der Waals surface area contributed by atoms with Crippen molar-refractivity contribution in [2.24, 2.45) is 5.92 Å². The molecule has 1 aromatic heterocycles. The van der Waals surface area contributed by atoms with Gasteiger partial charge in [0.1, 0.15) is 0 Å². The van der Waals surface area contributed by atoms with Crippen molar-refractivity contribution in [1.29, 1.82) is 0 Å². The molecule has 0 bridgehead atoms. The molecule has 2 aromatic carbocycles.